The third kappa shape index (κ3) is 5.07. The van der Waals surface area contributed by atoms with Crippen molar-refractivity contribution in [3.8, 4) is 11.5 Å². The number of aliphatic hydroxyl groups is 9. The highest BCUT2D eigenvalue weighted by atomic mass is 16.6. The summed E-state index contributed by atoms with van der Waals surface area (Å²) >= 11 is 0. The first-order chi connectivity index (χ1) is 16.3. The number of rotatable bonds is 11. The zero-order valence-electron chi connectivity index (χ0n) is 18.1. The third-order valence-electron chi connectivity index (χ3n) is 5.82. The van der Waals surface area contributed by atoms with Crippen molar-refractivity contribution >= 4 is 17.6 Å². The lowest BCUT2D eigenvalue weighted by molar-refractivity contribution is -0.201. The summed E-state index contributed by atoms with van der Waals surface area (Å²) in [6.45, 7) is -3.59. The van der Waals surface area contributed by atoms with Gasteiger partial charge in [-0.3, -0.25) is 9.59 Å². The maximum atomic E-state index is 13.4. The molecule has 1 aromatic carbocycles. The zero-order chi connectivity index (χ0) is 26.7. The van der Waals surface area contributed by atoms with Gasteiger partial charge in [0.05, 0.1) is 19.8 Å². The number of carbonyl (C=O) groups excluding carboxylic acids is 2. The van der Waals surface area contributed by atoms with Gasteiger partial charge in [-0.1, -0.05) is 12.1 Å². The molecule has 0 bridgehead atoms. The van der Waals surface area contributed by atoms with Crippen LogP contribution >= 0.6 is 0 Å². The van der Waals surface area contributed by atoms with Crippen molar-refractivity contribution in [1.29, 1.82) is 0 Å². The van der Waals surface area contributed by atoms with E-state index in [0.29, 0.717) is 6.08 Å². The van der Waals surface area contributed by atoms with Crippen LogP contribution < -0.4 is 0 Å². The van der Waals surface area contributed by atoms with E-state index in [-0.39, 0.29) is 5.56 Å². The van der Waals surface area contributed by atoms with Crippen molar-refractivity contribution in [1.82, 2.24) is 0 Å². The molecule has 14 heteroatoms. The molecule has 1 aliphatic rings. The number of carbonyl (C=O) groups is 2. The normalized spacial score (nSPS) is 29.0. The summed E-state index contributed by atoms with van der Waals surface area (Å²) in [6, 6.07) is 3.25. The van der Waals surface area contributed by atoms with Gasteiger partial charge in [0, 0.05) is 0 Å². The number of phenolic OH excluding ortho intramolecular Hbond substituents is 2. The lowest BCUT2D eigenvalue weighted by Crippen LogP contribution is -2.70. The number of aromatic hydroxyl groups is 2. The van der Waals surface area contributed by atoms with Crippen LogP contribution in [0, 0.1) is 0 Å². The third-order valence-corrected chi connectivity index (χ3v) is 5.82. The molecule has 8 atom stereocenters. The molecule has 11 N–H and O–H groups in total. The molecule has 35 heavy (non-hydrogen) atoms. The number of phenols is 2. The molecule has 1 heterocycles. The molecule has 0 radical (unpaired) electrons. The molecule has 1 unspecified atom stereocenters. The Labute approximate surface area is 197 Å². The van der Waals surface area contributed by atoms with Crippen LogP contribution in [-0.2, 0) is 14.3 Å². The van der Waals surface area contributed by atoms with Crippen molar-refractivity contribution in [3.63, 3.8) is 0 Å². The van der Waals surface area contributed by atoms with Gasteiger partial charge < -0.3 is 60.9 Å². The minimum Gasteiger partial charge on any atom is -0.504 e. The largest absolute Gasteiger partial charge is 0.504 e. The Kier molecular flexibility index (Phi) is 9.07. The molecule has 1 aliphatic heterocycles. The molecule has 14 nitrogen and oxygen atoms in total. The second kappa shape index (κ2) is 11.0. The Bertz CT molecular complexity index is 950. The molecule has 1 aromatic rings. The van der Waals surface area contributed by atoms with Gasteiger partial charge in [-0.2, -0.15) is 0 Å². The van der Waals surface area contributed by atoms with E-state index in [9.17, 15) is 60.7 Å². The molecule has 1 fully saturated rings. The topological polar surface area (TPSA) is 266 Å². The average molecular weight is 504 g/mol. The van der Waals surface area contributed by atoms with Gasteiger partial charge in [-0.25, -0.2) is 0 Å². The summed E-state index contributed by atoms with van der Waals surface area (Å²) in [5, 5.41) is 109. The average Bonchev–Trinajstić information content (AvgIpc) is 3.12. The van der Waals surface area contributed by atoms with E-state index in [0.717, 1.165) is 18.2 Å². The minimum atomic E-state index is -3.75. The van der Waals surface area contributed by atoms with E-state index in [1.165, 1.54) is 6.07 Å². The Morgan fingerprint density at radius 1 is 1.09 bits per heavy atom. The molecular formula is C21H28O14. The van der Waals surface area contributed by atoms with Gasteiger partial charge in [-0.15, -0.1) is 0 Å². The van der Waals surface area contributed by atoms with Gasteiger partial charge in [0.2, 0.25) is 11.4 Å². The lowest BCUT2D eigenvalue weighted by Gasteiger charge is -2.39. The summed E-state index contributed by atoms with van der Waals surface area (Å²) < 4.78 is 5.09. The molecule has 0 spiro atoms. The summed E-state index contributed by atoms with van der Waals surface area (Å²) in [7, 11) is 0. The smallest absolute Gasteiger partial charge is 0.217 e. The van der Waals surface area contributed by atoms with E-state index in [4.69, 9.17) is 9.84 Å². The first-order valence-electron chi connectivity index (χ1n) is 10.2. The van der Waals surface area contributed by atoms with Gasteiger partial charge in [0.25, 0.3) is 0 Å². The summed E-state index contributed by atoms with van der Waals surface area (Å²) in [5.74, 6) is -4.68. The van der Waals surface area contributed by atoms with Crippen molar-refractivity contribution in [2.24, 2.45) is 0 Å². The Balaban J connectivity index is 2.58. The molecule has 196 valence electrons. The molecule has 2 rings (SSSR count). The van der Waals surface area contributed by atoms with E-state index in [1.807, 2.05) is 0 Å². The number of hydrogen-bond acceptors (Lipinski definition) is 14. The highest BCUT2D eigenvalue weighted by Crippen LogP contribution is 2.37. The fourth-order valence-electron chi connectivity index (χ4n) is 3.65. The van der Waals surface area contributed by atoms with Gasteiger partial charge >= 0.3 is 0 Å². The van der Waals surface area contributed by atoms with Gasteiger partial charge in [-0.05, 0) is 23.8 Å². The molecule has 0 aliphatic carbocycles. The quantitative estimate of drug-likeness (QED) is 0.0765. The van der Waals surface area contributed by atoms with Crippen LogP contribution in [0.5, 0.6) is 11.5 Å². The fourth-order valence-corrected chi connectivity index (χ4v) is 3.65. The van der Waals surface area contributed by atoms with Crippen molar-refractivity contribution in [2.45, 2.75) is 47.8 Å². The summed E-state index contributed by atoms with van der Waals surface area (Å²) in [6.07, 6.45) is -12.1. The summed E-state index contributed by atoms with van der Waals surface area (Å²) in [5.41, 5.74) is -6.66. The second-order valence-electron chi connectivity index (χ2n) is 8.05. The number of aliphatic hydroxyl groups excluding tert-OH is 8. The zero-order valence-corrected chi connectivity index (χ0v) is 18.1. The van der Waals surface area contributed by atoms with E-state index in [2.05, 4.69) is 0 Å². The molecule has 0 amide bonds. The van der Waals surface area contributed by atoms with E-state index >= 15 is 0 Å². The highest BCUT2D eigenvalue weighted by Gasteiger charge is 2.67. The van der Waals surface area contributed by atoms with Crippen LogP contribution in [0.4, 0.5) is 0 Å². The van der Waals surface area contributed by atoms with Gasteiger partial charge in [0.1, 0.15) is 36.6 Å². The number of benzene rings is 1. The molecule has 0 aromatic heterocycles. The maximum absolute atomic E-state index is 13.4. The number of ketones is 2. The standard InChI is InChI=1S/C21H28O14/c22-6-12(27)15(29)18(32)21(34,14(28)4-2-9-1-3-10(25)11(26)5-9)19(33)20(8-24)17(31)16(30)13(7-23)35-20/h1-5,12-13,15-18,22-27,29-32,34H,6-8H2/b4-2+/t12-,13-,15-,16-,17+,18+,20?,21-/m1/s1. The summed E-state index contributed by atoms with van der Waals surface area (Å²) in [4.78, 5) is 26.4. The molecular weight excluding hydrogens is 476 g/mol. The highest BCUT2D eigenvalue weighted by molar-refractivity contribution is 6.19. The van der Waals surface area contributed by atoms with E-state index < -0.39 is 90.7 Å². The van der Waals surface area contributed by atoms with Crippen LogP contribution in [0.2, 0.25) is 0 Å². The van der Waals surface area contributed by atoms with Gasteiger partial charge in [0.15, 0.2) is 22.9 Å². The fraction of sp³-hybridized carbons (Fsp3) is 0.524. The second-order valence-corrected chi connectivity index (χ2v) is 8.05. The van der Waals surface area contributed by atoms with Crippen molar-refractivity contribution in [3.05, 3.63) is 29.8 Å². The Hall–Kier alpha value is -2.50. The van der Waals surface area contributed by atoms with Crippen LogP contribution in [0.1, 0.15) is 5.56 Å². The van der Waals surface area contributed by atoms with Crippen molar-refractivity contribution in [2.75, 3.05) is 19.8 Å². The predicted octanol–water partition coefficient (Wildman–Crippen LogP) is -5.10. The predicted molar refractivity (Wildman–Crippen MR) is 113 cm³/mol. The van der Waals surface area contributed by atoms with Crippen LogP contribution in [-0.4, -0.2) is 135 Å². The monoisotopic (exact) mass is 504 g/mol. The van der Waals surface area contributed by atoms with Crippen LogP contribution in [0.3, 0.4) is 0 Å². The number of Topliss-reactive ketones (excluding diaryl/α,β-unsaturated/α-hetero) is 1. The Morgan fingerprint density at radius 2 is 1.71 bits per heavy atom. The number of ether oxygens (including phenoxy) is 1. The Morgan fingerprint density at radius 3 is 2.20 bits per heavy atom. The molecule has 0 saturated carbocycles. The van der Waals surface area contributed by atoms with Crippen molar-refractivity contribution < 1.29 is 70.5 Å². The lowest BCUT2D eigenvalue weighted by atomic mass is 9.74. The van der Waals surface area contributed by atoms with Crippen LogP contribution in [0.25, 0.3) is 6.08 Å². The minimum absolute atomic E-state index is 0.0543. The maximum Gasteiger partial charge on any atom is 0.217 e. The first kappa shape index (κ1) is 28.7. The van der Waals surface area contributed by atoms with Crippen LogP contribution in [0.15, 0.2) is 24.3 Å². The van der Waals surface area contributed by atoms with E-state index in [1.54, 1.807) is 0 Å². The molecule has 1 saturated heterocycles. The number of hydrogen-bond donors (Lipinski definition) is 11. The SMILES string of the molecule is O=C(/C=C/c1ccc(O)c(O)c1)[C@](O)(C(=O)C1(CO)O[C@H](CO)[C@@H](O)[C@@H]1O)[C@@H](O)[C@H](O)[C@H](O)CO. The first-order valence-corrected chi connectivity index (χ1v) is 10.2.